The van der Waals surface area contributed by atoms with Crippen LogP contribution in [0.15, 0.2) is 205 Å². The van der Waals surface area contributed by atoms with Crippen LogP contribution >= 0.6 is 0 Å². The average molecular weight is 752 g/mol. The summed E-state index contributed by atoms with van der Waals surface area (Å²) >= 11 is 0. The lowest BCUT2D eigenvalue weighted by molar-refractivity contribution is 0.672. The van der Waals surface area contributed by atoms with Crippen molar-refractivity contribution in [1.29, 1.82) is 0 Å². The fourth-order valence-corrected chi connectivity index (χ4v) is 8.84. The first-order valence-electron chi connectivity index (χ1n) is 19.9. The van der Waals surface area contributed by atoms with E-state index in [1.165, 1.54) is 38.1 Å². The zero-order valence-electron chi connectivity index (χ0n) is 31.8. The van der Waals surface area contributed by atoms with Crippen molar-refractivity contribution in [3.05, 3.63) is 200 Å². The van der Waals surface area contributed by atoms with Crippen molar-refractivity contribution in [3.63, 3.8) is 0 Å². The Labute approximate surface area is 339 Å². The predicted octanol–water partition coefficient (Wildman–Crippen LogP) is 14.7. The summed E-state index contributed by atoms with van der Waals surface area (Å²) in [6, 6.07) is 70.4. The van der Waals surface area contributed by atoms with E-state index in [9.17, 15) is 0 Å². The molecule has 0 saturated carbocycles. The van der Waals surface area contributed by atoms with E-state index in [2.05, 4.69) is 164 Å². The quantitative estimate of drug-likeness (QED) is 0.164. The minimum Gasteiger partial charge on any atom is -0.454 e. The molecule has 3 heterocycles. The molecule has 0 saturated heterocycles. The fourth-order valence-electron chi connectivity index (χ4n) is 8.84. The largest absolute Gasteiger partial charge is 0.454 e. The van der Waals surface area contributed by atoms with Gasteiger partial charge in [0.15, 0.2) is 11.4 Å². The van der Waals surface area contributed by atoms with E-state index in [0.29, 0.717) is 5.82 Å². The number of furan rings is 1. The van der Waals surface area contributed by atoms with Crippen molar-refractivity contribution in [2.45, 2.75) is 0 Å². The summed E-state index contributed by atoms with van der Waals surface area (Å²) in [6.07, 6.45) is 0. The maximum Gasteiger partial charge on any atom is 0.161 e. The number of para-hydroxylation sites is 1. The number of nitrogens with zero attached hydrogens (tertiary/aromatic N) is 3. The van der Waals surface area contributed by atoms with E-state index in [-0.39, 0.29) is 0 Å². The molecule has 274 valence electrons. The third-order valence-electron chi connectivity index (χ3n) is 11.7. The number of hydrogen-bond donors (Lipinski definition) is 0. The number of hydrogen-bond acceptors (Lipinski definition) is 4. The Hall–Kier alpha value is -7.95. The maximum absolute atomic E-state index is 6.37. The second-order valence-electron chi connectivity index (χ2n) is 15.1. The Morgan fingerprint density at radius 3 is 1.81 bits per heavy atom. The normalized spacial score (nSPS) is 11.7. The summed E-state index contributed by atoms with van der Waals surface area (Å²) in [4.78, 5) is 15.8. The van der Waals surface area contributed by atoms with Gasteiger partial charge in [0.05, 0.1) is 17.1 Å². The smallest absolute Gasteiger partial charge is 0.161 e. The number of pyridine rings is 1. The Morgan fingerprint density at radius 2 is 0.949 bits per heavy atom. The first-order valence-corrected chi connectivity index (χ1v) is 19.9. The highest BCUT2D eigenvalue weighted by atomic mass is 16.3. The molecule has 0 aliphatic carbocycles. The molecular formula is C55H33N3O. The second-order valence-corrected chi connectivity index (χ2v) is 15.1. The van der Waals surface area contributed by atoms with Gasteiger partial charge in [-0.15, -0.1) is 0 Å². The van der Waals surface area contributed by atoms with Crippen LogP contribution < -0.4 is 0 Å². The highest BCUT2D eigenvalue weighted by Gasteiger charge is 2.19. The van der Waals surface area contributed by atoms with Crippen LogP contribution in [0.2, 0.25) is 0 Å². The minimum absolute atomic E-state index is 0.674. The maximum atomic E-state index is 6.37. The van der Waals surface area contributed by atoms with E-state index >= 15 is 0 Å². The van der Waals surface area contributed by atoms with Gasteiger partial charge >= 0.3 is 0 Å². The summed E-state index contributed by atoms with van der Waals surface area (Å²) in [5, 5.41) is 10.4. The summed E-state index contributed by atoms with van der Waals surface area (Å²) in [6.45, 7) is 0. The zero-order valence-corrected chi connectivity index (χ0v) is 31.8. The number of aromatic nitrogens is 3. The van der Waals surface area contributed by atoms with Crippen LogP contribution in [0.25, 0.3) is 121 Å². The van der Waals surface area contributed by atoms with Gasteiger partial charge in [0, 0.05) is 38.4 Å². The van der Waals surface area contributed by atoms with Crippen LogP contribution in [0.5, 0.6) is 0 Å². The van der Waals surface area contributed by atoms with Gasteiger partial charge in [0.25, 0.3) is 0 Å². The van der Waals surface area contributed by atoms with E-state index in [1.807, 2.05) is 36.4 Å². The molecular weight excluding hydrogens is 719 g/mol. The van der Waals surface area contributed by atoms with Crippen LogP contribution in [0.4, 0.5) is 0 Å². The van der Waals surface area contributed by atoms with Crippen molar-refractivity contribution in [2.75, 3.05) is 0 Å². The molecule has 59 heavy (non-hydrogen) atoms. The minimum atomic E-state index is 0.674. The summed E-state index contributed by atoms with van der Waals surface area (Å²) < 4.78 is 6.37. The summed E-state index contributed by atoms with van der Waals surface area (Å²) in [5.41, 5.74) is 11.5. The molecule has 4 heteroatoms. The number of fused-ring (bicyclic) bond motifs is 9. The van der Waals surface area contributed by atoms with E-state index in [0.717, 1.165) is 77.6 Å². The summed E-state index contributed by atoms with van der Waals surface area (Å²) in [7, 11) is 0. The van der Waals surface area contributed by atoms with Crippen LogP contribution in [0.1, 0.15) is 0 Å². The average Bonchev–Trinajstić information content (AvgIpc) is 3.70. The molecule has 3 aromatic heterocycles. The highest BCUT2D eigenvalue weighted by Crippen LogP contribution is 2.41. The Balaban J connectivity index is 1.02. The molecule has 0 spiro atoms. The third kappa shape index (κ3) is 5.49. The highest BCUT2D eigenvalue weighted by molar-refractivity contribution is 6.16. The molecule has 0 aliphatic heterocycles. The molecule has 0 N–H and O–H groups in total. The van der Waals surface area contributed by atoms with Gasteiger partial charge in [-0.05, 0) is 73.8 Å². The third-order valence-corrected chi connectivity index (χ3v) is 11.7. The monoisotopic (exact) mass is 751 g/mol. The fraction of sp³-hybridized carbons (Fsp3) is 0. The van der Waals surface area contributed by atoms with Crippen molar-refractivity contribution < 1.29 is 4.42 Å². The van der Waals surface area contributed by atoms with Crippen LogP contribution in [0.3, 0.4) is 0 Å². The van der Waals surface area contributed by atoms with E-state index < -0.39 is 0 Å². The molecule has 0 fully saturated rings. The number of benzene rings is 9. The van der Waals surface area contributed by atoms with Crippen LogP contribution in [0, 0.1) is 0 Å². The van der Waals surface area contributed by atoms with Crippen LogP contribution in [-0.4, -0.2) is 15.0 Å². The first kappa shape index (κ1) is 33.2. The summed E-state index contributed by atoms with van der Waals surface area (Å²) in [5.74, 6) is 0.674. The Kier molecular flexibility index (Phi) is 7.50. The zero-order chi connectivity index (χ0) is 38.9. The first-order chi connectivity index (χ1) is 29.2. The van der Waals surface area contributed by atoms with Gasteiger partial charge in [0.2, 0.25) is 0 Å². The Morgan fingerprint density at radius 1 is 0.322 bits per heavy atom. The molecule has 4 nitrogen and oxygen atoms in total. The van der Waals surface area contributed by atoms with Crippen molar-refractivity contribution in [2.24, 2.45) is 0 Å². The van der Waals surface area contributed by atoms with Gasteiger partial charge in [-0.2, -0.15) is 0 Å². The van der Waals surface area contributed by atoms with E-state index in [1.54, 1.807) is 0 Å². The topological polar surface area (TPSA) is 51.8 Å². The van der Waals surface area contributed by atoms with Gasteiger partial charge in [-0.3, -0.25) is 0 Å². The van der Waals surface area contributed by atoms with E-state index in [4.69, 9.17) is 19.4 Å². The molecule has 12 rings (SSSR count). The molecule has 9 aromatic carbocycles. The lowest BCUT2D eigenvalue weighted by Gasteiger charge is -2.15. The lowest BCUT2D eigenvalue weighted by atomic mass is 9.91. The van der Waals surface area contributed by atoms with Gasteiger partial charge in [0.1, 0.15) is 11.1 Å². The molecule has 0 radical (unpaired) electrons. The number of rotatable bonds is 5. The Bertz CT molecular complexity index is 3620. The van der Waals surface area contributed by atoms with Crippen molar-refractivity contribution in [1.82, 2.24) is 15.0 Å². The van der Waals surface area contributed by atoms with Gasteiger partial charge < -0.3 is 4.42 Å². The van der Waals surface area contributed by atoms with Crippen LogP contribution in [-0.2, 0) is 0 Å². The second kappa shape index (κ2) is 13.3. The lowest BCUT2D eigenvalue weighted by Crippen LogP contribution is -1.97. The molecule has 12 aromatic rings. The van der Waals surface area contributed by atoms with Gasteiger partial charge in [-0.25, -0.2) is 15.0 Å². The molecule has 0 amide bonds. The predicted molar refractivity (Wildman–Crippen MR) is 244 cm³/mol. The molecule has 0 aliphatic rings. The van der Waals surface area contributed by atoms with Crippen molar-refractivity contribution in [3.8, 4) is 56.3 Å². The standard InChI is InChI=1S/C55H33N3O/c1-2-14-35(15-3-1)55-56-49(38-16-12-17-39(32-38)52-46-21-8-9-22-47(46)54-53(58-52)48-23-10-11-24-51(48)59-54)33-50(57-55)45-30-29-42(43-19-6-7-20-44(43)45)37-27-28-41-36(31-37)26-25-34-13-4-5-18-40(34)41/h1-33H. The van der Waals surface area contributed by atoms with Gasteiger partial charge in [-0.1, -0.05) is 170 Å². The SMILES string of the molecule is c1ccc(-c2nc(-c3cccc(-c4nc5c6ccccc6oc5c5ccccc45)c3)cc(-c3ccc(-c4ccc5c(ccc6ccccc65)c4)c4ccccc34)n2)cc1. The van der Waals surface area contributed by atoms with Crippen molar-refractivity contribution >= 4 is 65.2 Å². The molecule has 0 atom stereocenters. The molecule has 0 bridgehead atoms. The molecule has 0 unspecified atom stereocenters.